The van der Waals surface area contributed by atoms with Crippen molar-refractivity contribution in [1.82, 2.24) is 0 Å². The van der Waals surface area contributed by atoms with E-state index >= 15 is 0 Å². The van der Waals surface area contributed by atoms with Gasteiger partial charge in [-0.3, -0.25) is 9.79 Å². The maximum absolute atomic E-state index is 12.3. The Morgan fingerprint density at radius 3 is 2.00 bits per heavy atom. The predicted octanol–water partition coefficient (Wildman–Crippen LogP) is 0.420. The van der Waals surface area contributed by atoms with Gasteiger partial charge in [-0.2, -0.15) is 0 Å². The number of ether oxygens (including phenoxy) is 4. The molecule has 2 atom stereocenters. The first-order chi connectivity index (χ1) is 11.7. The number of methoxy groups -OCH3 is 2. The summed E-state index contributed by atoms with van der Waals surface area (Å²) in [7, 11) is 2.35. The Morgan fingerprint density at radius 1 is 0.960 bits per heavy atom. The van der Waals surface area contributed by atoms with Gasteiger partial charge >= 0.3 is 23.9 Å². The number of hydrogen-bond acceptors (Lipinski definition) is 9. The summed E-state index contributed by atoms with van der Waals surface area (Å²) in [4.78, 5) is 50.9. The van der Waals surface area contributed by atoms with Gasteiger partial charge in [-0.05, 0) is 13.8 Å². The van der Waals surface area contributed by atoms with Crippen molar-refractivity contribution in [3.63, 3.8) is 0 Å². The lowest BCUT2D eigenvalue weighted by molar-refractivity contribution is -0.159. The van der Waals surface area contributed by atoms with Gasteiger partial charge in [0, 0.05) is 17.3 Å². The monoisotopic (exact) mass is 355 g/mol. The van der Waals surface area contributed by atoms with Gasteiger partial charge in [-0.1, -0.05) is 6.92 Å². The van der Waals surface area contributed by atoms with E-state index in [0.29, 0.717) is 11.4 Å². The highest BCUT2D eigenvalue weighted by molar-refractivity contribution is 6.06. The van der Waals surface area contributed by atoms with Crippen LogP contribution in [-0.2, 0) is 38.1 Å². The molecule has 1 aliphatic heterocycles. The normalized spacial score (nSPS) is 19.6. The summed E-state index contributed by atoms with van der Waals surface area (Å²) in [6.07, 6.45) is 0. The van der Waals surface area contributed by atoms with Crippen LogP contribution in [0.4, 0.5) is 0 Å². The number of esters is 4. The van der Waals surface area contributed by atoms with Gasteiger partial charge in [0.05, 0.1) is 19.8 Å². The summed E-state index contributed by atoms with van der Waals surface area (Å²) in [5.74, 6) is -4.33. The van der Waals surface area contributed by atoms with Crippen molar-refractivity contribution in [3.05, 3.63) is 11.3 Å². The smallest absolute Gasteiger partial charge is 0.344 e. The molecule has 0 saturated carbocycles. The topological polar surface area (TPSA) is 118 Å². The molecule has 9 nitrogen and oxygen atoms in total. The number of hydrogen-bond donors (Lipinski definition) is 0. The van der Waals surface area contributed by atoms with Gasteiger partial charge in [0.25, 0.3) is 0 Å². The minimum absolute atomic E-state index is 0.162. The summed E-state index contributed by atoms with van der Waals surface area (Å²) < 4.78 is 18.6. The molecule has 0 aromatic rings. The first kappa shape index (κ1) is 20.3. The first-order valence-corrected chi connectivity index (χ1v) is 7.46. The number of nitrogens with zero attached hydrogens (tertiary/aromatic N) is 1. The molecule has 0 aromatic heterocycles. The van der Waals surface area contributed by atoms with Crippen molar-refractivity contribution in [2.24, 2.45) is 16.8 Å². The van der Waals surface area contributed by atoms with E-state index in [2.05, 4.69) is 14.5 Å². The third-order valence-corrected chi connectivity index (χ3v) is 3.72. The van der Waals surface area contributed by atoms with Crippen molar-refractivity contribution >= 4 is 29.6 Å². The Kier molecular flexibility index (Phi) is 7.28. The minimum atomic E-state index is -0.853. The molecule has 0 spiro atoms. The zero-order valence-corrected chi connectivity index (χ0v) is 14.8. The second-order valence-electron chi connectivity index (χ2n) is 5.35. The third-order valence-electron chi connectivity index (χ3n) is 3.72. The van der Waals surface area contributed by atoms with Crippen LogP contribution >= 0.6 is 0 Å². The van der Waals surface area contributed by atoms with Crippen LogP contribution in [0.2, 0.25) is 0 Å². The third kappa shape index (κ3) is 5.13. The van der Waals surface area contributed by atoms with Crippen LogP contribution < -0.4 is 0 Å². The molecular weight excluding hydrogens is 334 g/mol. The number of aliphatic imine (C=N–C) groups is 1. The van der Waals surface area contributed by atoms with Crippen molar-refractivity contribution in [2.75, 3.05) is 27.4 Å². The molecular formula is C16H21NO8. The van der Waals surface area contributed by atoms with Gasteiger partial charge < -0.3 is 18.9 Å². The highest BCUT2D eigenvalue weighted by Crippen LogP contribution is 2.32. The molecule has 0 N–H and O–H groups in total. The number of carbonyl (C=O) groups is 4. The van der Waals surface area contributed by atoms with Crippen molar-refractivity contribution in [2.45, 2.75) is 20.8 Å². The Labute approximate surface area is 145 Å². The van der Waals surface area contributed by atoms with E-state index in [1.165, 1.54) is 14.2 Å². The molecule has 0 bridgehead atoms. The summed E-state index contributed by atoms with van der Waals surface area (Å²) in [6.45, 7) is 3.79. The fourth-order valence-electron chi connectivity index (χ4n) is 2.50. The van der Waals surface area contributed by atoms with Gasteiger partial charge in [0.1, 0.15) is 5.92 Å². The maximum atomic E-state index is 12.3. The summed E-state index contributed by atoms with van der Waals surface area (Å²) >= 11 is 0. The van der Waals surface area contributed by atoms with Gasteiger partial charge in [0.15, 0.2) is 13.2 Å². The minimum Gasteiger partial charge on any atom is -0.466 e. The average Bonchev–Trinajstić information content (AvgIpc) is 2.56. The Bertz CT molecular complexity index is 634. The highest BCUT2D eigenvalue weighted by Gasteiger charge is 2.39. The van der Waals surface area contributed by atoms with E-state index in [-0.39, 0.29) is 5.57 Å². The van der Waals surface area contributed by atoms with Crippen LogP contribution in [0, 0.1) is 11.8 Å². The van der Waals surface area contributed by atoms with Crippen LogP contribution in [0.1, 0.15) is 20.8 Å². The molecule has 1 aliphatic rings. The summed E-state index contributed by atoms with van der Waals surface area (Å²) in [6, 6.07) is 0. The van der Waals surface area contributed by atoms with Gasteiger partial charge in [-0.25, -0.2) is 14.4 Å². The van der Waals surface area contributed by atoms with Crippen LogP contribution in [0.25, 0.3) is 0 Å². The lowest BCUT2D eigenvalue weighted by atomic mass is 9.81. The molecule has 0 fully saturated rings. The summed E-state index contributed by atoms with van der Waals surface area (Å²) in [5.41, 5.74) is 0.996. The highest BCUT2D eigenvalue weighted by atomic mass is 16.6. The zero-order valence-electron chi connectivity index (χ0n) is 14.8. The molecule has 1 rings (SSSR count). The van der Waals surface area contributed by atoms with Crippen molar-refractivity contribution < 1.29 is 38.1 Å². The van der Waals surface area contributed by atoms with Crippen LogP contribution in [-0.4, -0.2) is 57.0 Å². The molecule has 138 valence electrons. The Morgan fingerprint density at radius 2 is 1.48 bits per heavy atom. The molecule has 0 amide bonds. The Balaban J connectivity index is 2.91. The molecule has 0 aromatic carbocycles. The zero-order chi connectivity index (χ0) is 19.1. The predicted molar refractivity (Wildman–Crippen MR) is 84.4 cm³/mol. The average molecular weight is 355 g/mol. The maximum Gasteiger partial charge on any atom is 0.344 e. The molecule has 1 heterocycles. The largest absolute Gasteiger partial charge is 0.466 e. The molecule has 25 heavy (non-hydrogen) atoms. The molecule has 9 heteroatoms. The molecule has 0 aliphatic carbocycles. The van der Waals surface area contributed by atoms with E-state index < -0.39 is 48.9 Å². The van der Waals surface area contributed by atoms with Crippen molar-refractivity contribution in [3.8, 4) is 0 Å². The van der Waals surface area contributed by atoms with E-state index in [1.54, 1.807) is 20.8 Å². The lowest BCUT2D eigenvalue weighted by Crippen LogP contribution is -2.37. The summed E-state index contributed by atoms with van der Waals surface area (Å²) in [5, 5.41) is 0. The molecule has 0 saturated heterocycles. The SMILES string of the molecule is COC(=O)COC(=O)C1=C(C)N=C(C)C(C(=O)OCC(=O)OC)C1C. The van der Waals surface area contributed by atoms with E-state index in [1.807, 2.05) is 0 Å². The van der Waals surface area contributed by atoms with Crippen LogP contribution in [0.15, 0.2) is 16.3 Å². The Hall–Kier alpha value is -2.71. The lowest BCUT2D eigenvalue weighted by Gasteiger charge is -2.28. The second-order valence-corrected chi connectivity index (χ2v) is 5.35. The van der Waals surface area contributed by atoms with Gasteiger partial charge in [0.2, 0.25) is 0 Å². The van der Waals surface area contributed by atoms with E-state index in [9.17, 15) is 19.2 Å². The van der Waals surface area contributed by atoms with E-state index in [0.717, 1.165) is 0 Å². The fourth-order valence-corrected chi connectivity index (χ4v) is 2.50. The number of allylic oxidation sites excluding steroid dienone is 1. The first-order valence-electron chi connectivity index (χ1n) is 7.46. The van der Waals surface area contributed by atoms with Crippen LogP contribution in [0.3, 0.4) is 0 Å². The van der Waals surface area contributed by atoms with Crippen LogP contribution in [0.5, 0.6) is 0 Å². The molecule has 2 unspecified atom stereocenters. The van der Waals surface area contributed by atoms with Gasteiger partial charge in [-0.15, -0.1) is 0 Å². The standard InChI is InChI=1S/C16H21NO8/c1-8-13(15(20)24-6-11(18)22-4)9(2)17-10(3)14(8)16(21)25-7-12(19)23-5/h8,13H,6-7H2,1-5H3. The number of carbonyl (C=O) groups excluding carboxylic acids is 4. The molecule has 0 radical (unpaired) electrons. The number of rotatable bonds is 6. The second kappa shape index (κ2) is 8.95. The quantitative estimate of drug-likeness (QED) is 0.497. The van der Waals surface area contributed by atoms with Crippen molar-refractivity contribution in [1.29, 1.82) is 0 Å². The van der Waals surface area contributed by atoms with E-state index in [4.69, 9.17) is 9.47 Å². The fraction of sp³-hybridized carbons (Fsp3) is 0.562.